The lowest BCUT2D eigenvalue weighted by atomic mass is 9.90. The van der Waals surface area contributed by atoms with Crippen molar-refractivity contribution >= 4 is 11.6 Å². The maximum atomic E-state index is 13.0. The number of para-hydroxylation sites is 1. The molecular weight excluding hydrogens is 316 g/mol. The molecule has 3 aromatic rings. The molecule has 3 rings (SSSR count). The van der Waals surface area contributed by atoms with Crippen LogP contribution in [0.3, 0.4) is 0 Å². The van der Waals surface area contributed by atoms with E-state index in [2.05, 4.69) is 20.8 Å². The number of carbonyl (C=O) groups excluding carboxylic acids is 1. The van der Waals surface area contributed by atoms with Crippen LogP contribution in [0, 0.1) is 6.92 Å². The second-order valence-electron chi connectivity index (χ2n) is 5.88. The van der Waals surface area contributed by atoms with E-state index in [1.54, 1.807) is 6.92 Å². The van der Waals surface area contributed by atoms with Crippen LogP contribution < -0.4 is 10.6 Å². The fourth-order valence-corrected chi connectivity index (χ4v) is 2.58. The van der Waals surface area contributed by atoms with Gasteiger partial charge in [0.2, 0.25) is 17.7 Å². The minimum absolute atomic E-state index is 0.179. The fraction of sp³-hybridized carbons (Fsp3) is 0.211. The molecule has 1 heterocycles. The van der Waals surface area contributed by atoms with Crippen molar-refractivity contribution in [1.82, 2.24) is 15.5 Å². The van der Waals surface area contributed by atoms with Gasteiger partial charge >= 0.3 is 0 Å². The molecular formula is C19H20N4O2. The smallest absolute Gasteiger partial charge is 0.250 e. The van der Waals surface area contributed by atoms with Gasteiger partial charge in [-0.25, -0.2) is 0 Å². The first-order chi connectivity index (χ1) is 12.1. The molecule has 2 N–H and O–H groups in total. The minimum atomic E-state index is -0.947. The van der Waals surface area contributed by atoms with Crippen molar-refractivity contribution in [3.63, 3.8) is 0 Å². The number of hydrogen-bond donors (Lipinski definition) is 2. The number of anilines is 1. The summed E-state index contributed by atoms with van der Waals surface area (Å²) in [6, 6.07) is 19.2. The van der Waals surface area contributed by atoms with Crippen LogP contribution in [0.5, 0.6) is 0 Å². The summed E-state index contributed by atoms with van der Waals surface area (Å²) in [5.41, 5.74) is 0.771. The number of nitrogens with zero attached hydrogens (tertiary/aromatic N) is 2. The van der Waals surface area contributed by atoms with Gasteiger partial charge < -0.3 is 15.1 Å². The van der Waals surface area contributed by atoms with Crippen LogP contribution in [-0.4, -0.2) is 16.1 Å². The maximum absolute atomic E-state index is 13.0. The second-order valence-corrected chi connectivity index (χ2v) is 5.88. The number of nitrogens with one attached hydrogen (secondary N) is 2. The number of rotatable bonds is 6. The Bertz CT molecular complexity index is 833. The molecule has 2 aromatic carbocycles. The van der Waals surface area contributed by atoms with Crippen molar-refractivity contribution < 1.29 is 9.21 Å². The minimum Gasteiger partial charge on any atom is -0.424 e. The van der Waals surface area contributed by atoms with Gasteiger partial charge in [-0.1, -0.05) is 48.5 Å². The highest BCUT2D eigenvalue weighted by molar-refractivity contribution is 5.90. The summed E-state index contributed by atoms with van der Waals surface area (Å²) in [6.07, 6.45) is 0. The zero-order chi connectivity index (χ0) is 17.7. The molecule has 25 heavy (non-hydrogen) atoms. The Balaban J connectivity index is 1.83. The summed E-state index contributed by atoms with van der Waals surface area (Å²) in [4.78, 5) is 13.0. The van der Waals surface area contributed by atoms with Gasteiger partial charge in [0.15, 0.2) is 0 Å². The Labute approximate surface area is 146 Å². The van der Waals surface area contributed by atoms with Crippen LogP contribution >= 0.6 is 0 Å². The standard InChI is InChI=1S/C19H20N4O2/c1-14-22-23-17(25-14)13-20-18(24)19(2,15-9-5-3-6-10-15)21-16-11-7-4-8-12-16/h3-12,21H,13H2,1-2H3,(H,20,24). The quantitative estimate of drug-likeness (QED) is 0.723. The number of aromatic nitrogens is 2. The lowest BCUT2D eigenvalue weighted by Crippen LogP contribution is -2.47. The summed E-state index contributed by atoms with van der Waals surface area (Å²) in [7, 11) is 0. The first kappa shape index (κ1) is 16.7. The van der Waals surface area contributed by atoms with Crippen molar-refractivity contribution in [2.75, 3.05) is 5.32 Å². The number of amides is 1. The van der Waals surface area contributed by atoms with Crippen LogP contribution in [0.1, 0.15) is 24.3 Å². The molecule has 0 saturated carbocycles. The third kappa shape index (κ3) is 3.85. The van der Waals surface area contributed by atoms with E-state index in [0.29, 0.717) is 11.8 Å². The number of carbonyl (C=O) groups is 1. The predicted molar refractivity (Wildman–Crippen MR) is 94.7 cm³/mol. The van der Waals surface area contributed by atoms with E-state index in [9.17, 15) is 4.79 Å². The fourth-order valence-electron chi connectivity index (χ4n) is 2.58. The molecule has 6 heteroatoms. The lowest BCUT2D eigenvalue weighted by molar-refractivity contribution is -0.125. The normalized spacial score (nSPS) is 13.0. The molecule has 1 unspecified atom stereocenters. The van der Waals surface area contributed by atoms with Crippen molar-refractivity contribution in [1.29, 1.82) is 0 Å². The molecule has 6 nitrogen and oxygen atoms in total. The Kier molecular flexibility index (Phi) is 4.79. The van der Waals surface area contributed by atoms with E-state index in [1.165, 1.54) is 0 Å². The third-order valence-corrected chi connectivity index (χ3v) is 3.94. The van der Waals surface area contributed by atoms with E-state index in [0.717, 1.165) is 11.3 Å². The molecule has 1 amide bonds. The van der Waals surface area contributed by atoms with E-state index < -0.39 is 5.54 Å². The summed E-state index contributed by atoms with van der Waals surface area (Å²) in [5.74, 6) is 0.664. The van der Waals surface area contributed by atoms with Crippen molar-refractivity contribution in [2.45, 2.75) is 25.9 Å². The van der Waals surface area contributed by atoms with Gasteiger partial charge in [0.1, 0.15) is 5.54 Å². The van der Waals surface area contributed by atoms with Gasteiger partial charge in [0, 0.05) is 12.6 Å². The number of hydrogen-bond acceptors (Lipinski definition) is 5. The highest BCUT2D eigenvalue weighted by Crippen LogP contribution is 2.26. The van der Waals surface area contributed by atoms with Crippen LogP contribution in [0.25, 0.3) is 0 Å². The van der Waals surface area contributed by atoms with Crippen molar-refractivity contribution in [3.05, 3.63) is 78.0 Å². The van der Waals surface area contributed by atoms with Crippen molar-refractivity contribution in [2.24, 2.45) is 0 Å². The van der Waals surface area contributed by atoms with Gasteiger partial charge in [-0.15, -0.1) is 10.2 Å². The third-order valence-electron chi connectivity index (χ3n) is 3.94. The highest BCUT2D eigenvalue weighted by Gasteiger charge is 2.35. The second kappa shape index (κ2) is 7.17. The largest absolute Gasteiger partial charge is 0.424 e. The average Bonchev–Trinajstić information content (AvgIpc) is 3.06. The zero-order valence-corrected chi connectivity index (χ0v) is 14.2. The molecule has 0 radical (unpaired) electrons. The van der Waals surface area contributed by atoms with Crippen molar-refractivity contribution in [3.8, 4) is 0 Å². The summed E-state index contributed by atoms with van der Waals surface area (Å²) < 4.78 is 5.31. The maximum Gasteiger partial charge on any atom is 0.250 e. The predicted octanol–water partition coefficient (Wildman–Crippen LogP) is 3.02. The molecule has 0 saturated heterocycles. The Morgan fingerprint density at radius 1 is 1.04 bits per heavy atom. The molecule has 1 aromatic heterocycles. The molecule has 0 fully saturated rings. The number of aryl methyl sites for hydroxylation is 1. The number of benzene rings is 2. The topological polar surface area (TPSA) is 80.0 Å². The van der Waals surface area contributed by atoms with E-state index in [1.807, 2.05) is 67.6 Å². The lowest BCUT2D eigenvalue weighted by Gasteiger charge is -2.31. The Morgan fingerprint density at radius 2 is 1.68 bits per heavy atom. The molecule has 0 aliphatic heterocycles. The molecule has 128 valence electrons. The summed E-state index contributed by atoms with van der Waals surface area (Å²) in [5, 5.41) is 13.9. The molecule has 0 spiro atoms. The molecule has 0 aliphatic carbocycles. The molecule has 1 atom stereocenters. The van der Waals surface area contributed by atoms with Gasteiger partial charge in [-0.2, -0.15) is 0 Å². The Morgan fingerprint density at radius 3 is 2.28 bits per heavy atom. The first-order valence-electron chi connectivity index (χ1n) is 8.04. The van der Waals surface area contributed by atoms with Gasteiger partial charge in [0.05, 0.1) is 6.54 Å². The van der Waals surface area contributed by atoms with E-state index >= 15 is 0 Å². The molecule has 0 bridgehead atoms. The average molecular weight is 336 g/mol. The summed E-state index contributed by atoms with van der Waals surface area (Å²) in [6.45, 7) is 3.74. The highest BCUT2D eigenvalue weighted by atomic mass is 16.4. The van der Waals surface area contributed by atoms with E-state index in [4.69, 9.17) is 4.42 Å². The molecule has 0 aliphatic rings. The van der Waals surface area contributed by atoms with Gasteiger partial charge in [-0.05, 0) is 24.6 Å². The van der Waals surface area contributed by atoms with Gasteiger partial charge in [-0.3, -0.25) is 4.79 Å². The van der Waals surface area contributed by atoms with Crippen LogP contribution in [-0.2, 0) is 16.9 Å². The van der Waals surface area contributed by atoms with E-state index in [-0.39, 0.29) is 12.5 Å². The first-order valence-corrected chi connectivity index (χ1v) is 8.04. The SMILES string of the molecule is Cc1nnc(CNC(=O)C(C)(Nc2ccccc2)c2ccccc2)o1. The van der Waals surface area contributed by atoms with Crippen LogP contribution in [0.2, 0.25) is 0 Å². The van der Waals surface area contributed by atoms with Crippen LogP contribution in [0.4, 0.5) is 5.69 Å². The zero-order valence-electron chi connectivity index (χ0n) is 14.2. The van der Waals surface area contributed by atoms with Crippen LogP contribution in [0.15, 0.2) is 65.1 Å². The monoisotopic (exact) mass is 336 g/mol. The van der Waals surface area contributed by atoms with Gasteiger partial charge in [0.25, 0.3) is 0 Å². The Hall–Kier alpha value is -3.15. The summed E-state index contributed by atoms with van der Waals surface area (Å²) >= 11 is 0.